The van der Waals surface area contributed by atoms with Gasteiger partial charge in [0.15, 0.2) is 0 Å². The lowest BCUT2D eigenvalue weighted by Crippen LogP contribution is -2.26. The van der Waals surface area contributed by atoms with E-state index >= 15 is 0 Å². The minimum atomic E-state index is -0.515. The molecule has 5 nitrogen and oxygen atoms in total. The highest BCUT2D eigenvalue weighted by atomic mass is 16.1. The van der Waals surface area contributed by atoms with E-state index in [1.165, 1.54) is 4.57 Å². The Hall–Kier alpha value is -3.91. The number of anilines is 1. The Morgan fingerprint density at radius 1 is 1.00 bits per heavy atom. The molecule has 130 valence electrons. The van der Waals surface area contributed by atoms with Gasteiger partial charge in [-0.05, 0) is 18.4 Å². The van der Waals surface area contributed by atoms with Crippen LogP contribution in [0.1, 0.15) is 11.1 Å². The molecular weight excluding hydrogens is 336 g/mol. The zero-order chi connectivity index (χ0) is 19.0. The molecule has 0 atom stereocenters. The SMILES string of the molecule is Cc1ccc(-c2nc(=O)n(-c3cccc4ccccc34)c(N)c2C#N)cc1. The monoisotopic (exact) mass is 352 g/mol. The van der Waals surface area contributed by atoms with Crippen molar-refractivity contribution in [1.82, 2.24) is 9.55 Å². The van der Waals surface area contributed by atoms with Crippen molar-refractivity contribution in [2.24, 2.45) is 0 Å². The topological polar surface area (TPSA) is 84.7 Å². The van der Waals surface area contributed by atoms with Gasteiger partial charge >= 0.3 is 5.69 Å². The van der Waals surface area contributed by atoms with Gasteiger partial charge in [-0.15, -0.1) is 0 Å². The van der Waals surface area contributed by atoms with Crippen LogP contribution in [-0.4, -0.2) is 9.55 Å². The summed E-state index contributed by atoms with van der Waals surface area (Å²) in [4.78, 5) is 17.1. The number of nitrogens with two attached hydrogens (primary N) is 1. The molecule has 1 aromatic heterocycles. The molecule has 4 aromatic rings. The molecule has 0 aliphatic carbocycles. The van der Waals surface area contributed by atoms with Crippen molar-refractivity contribution in [1.29, 1.82) is 5.26 Å². The maximum atomic E-state index is 12.9. The van der Waals surface area contributed by atoms with E-state index in [2.05, 4.69) is 11.1 Å². The number of nitriles is 1. The lowest BCUT2D eigenvalue weighted by Gasteiger charge is -2.15. The van der Waals surface area contributed by atoms with Crippen molar-refractivity contribution >= 4 is 16.6 Å². The van der Waals surface area contributed by atoms with E-state index in [1.54, 1.807) is 6.07 Å². The number of rotatable bonds is 2. The van der Waals surface area contributed by atoms with Gasteiger partial charge in [0.25, 0.3) is 0 Å². The summed E-state index contributed by atoms with van der Waals surface area (Å²) in [6, 6.07) is 22.9. The first-order valence-electron chi connectivity index (χ1n) is 8.48. The summed E-state index contributed by atoms with van der Waals surface area (Å²) < 4.78 is 1.30. The number of aromatic nitrogens is 2. The normalized spacial score (nSPS) is 10.7. The number of nitrogen functional groups attached to an aromatic ring is 1. The zero-order valence-corrected chi connectivity index (χ0v) is 14.7. The second-order valence-corrected chi connectivity index (χ2v) is 6.31. The van der Waals surface area contributed by atoms with Crippen LogP contribution in [0.4, 0.5) is 5.82 Å². The second-order valence-electron chi connectivity index (χ2n) is 6.31. The van der Waals surface area contributed by atoms with Crippen LogP contribution in [0.25, 0.3) is 27.7 Å². The zero-order valence-electron chi connectivity index (χ0n) is 14.7. The molecule has 0 saturated heterocycles. The van der Waals surface area contributed by atoms with Crippen molar-refractivity contribution in [3.05, 3.63) is 88.3 Å². The fourth-order valence-electron chi connectivity index (χ4n) is 3.20. The van der Waals surface area contributed by atoms with E-state index in [4.69, 9.17) is 5.73 Å². The highest BCUT2D eigenvalue weighted by molar-refractivity contribution is 5.91. The van der Waals surface area contributed by atoms with Gasteiger partial charge in [0.2, 0.25) is 0 Å². The van der Waals surface area contributed by atoms with E-state index in [-0.39, 0.29) is 11.4 Å². The van der Waals surface area contributed by atoms with Gasteiger partial charge in [0, 0.05) is 10.9 Å². The van der Waals surface area contributed by atoms with E-state index in [0.717, 1.165) is 16.3 Å². The summed E-state index contributed by atoms with van der Waals surface area (Å²) in [5.74, 6) is 0.0874. The first-order valence-corrected chi connectivity index (χ1v) is 8.48. The lowest BCUT2D eigenvalue weighted by atomic mass is 10.0. The van der Waals surface area contributed by atoms with Crippen LogP contribution in [0.15, 0.2) is 71.5 Å². The van der Waals surface area contributed by atoms with Crippen LogP contribution >= 0.6 is 0 Å². The van der Waals surface area contributed by atoms with Crippen LogP contribution < -0.4 is 11.4 Å². The Bertz CT molecular complexity index is 1260. The number of fused-ring (bicyclic) bond motifs is 1. The summed E-state index contributed by atoms with van der Waals surface area (Å²) in [6.07, 6.45) is 0. The van der Waals surface area contributed by atoms with E-state index in [0.29, 0.717) is 16.9 Å². The van der Waals surface area contributed by atoms with Crippen molar-refractivity contribution in [3.8, 4) is 23.0 Å². The maximum absolute atomic E-state index is 12.9. The molecule has 0 fully saturated rings. The van der Waals surface area contributed by atoms with Crippen LogP contribution in [0, 0.1) is 18.3 Å². The highest BCUT2D eigenvalue weighted by Gasteiger charge is 2.18. The highest BCUT2D eigenvalue weighted by Crippen LogP contribution is 2.28. The minimum Gasteiger partial charge on any atom is -0.384 e. The third kappa shape index (κ3) is 2.74. The van der Waals surface area contributed by atoms with Gasteiger partial charge in [-0.2, -0.15) is 10.2 Å². The third-order valence-corrected chi connectivity index (χ3v) is 4.58. The van der Waals surface area contributed by atoms with Crippen molar-refractivity contribution in [2.45, 2.75) is 6.92 Å². The largest absolute Gasteiger partial charge is 0.384 e. The molecule has 27 heavy (non-hydrogen) atoms. The maximum Gasteiger partial charge on any atom is 0.354 e. The molecule has 5 heteroatoms. The fourth-order valence-corrected chi connectivity index (χ4v) is 3.20. The molecule has 4 rings (SSSR count). The summed E-state index contributed by atoms with van der Waals surface area (Å²) in [7, 11) is 0. The van der Waals surface area contributed by atoms with E-state index in [9.17, 15) is 10.1 Å². The third-order valence-electron chi connectivity index (χ3n) is 4.58. The average molecular weight is 352 g/mol. The quantitative estimate of drug-likeness (QED) is 0.594. The Morgan fingerprint density at radius 2 is 1.70 bits per heavy atom. The molecule has 0 radical (unpaired) electrons. The molecular formula is C22H16N4O. The second kappa shape index (κ2) is 6.43. The Labute approximate surface area is 156 Å². The molecule has 0 bridgehead atoms. The summed E-state index contributed by atoms with van der Waals surface area (Å²) in [6.45, 7) is 1.97. The van der Waals surface area contributed by atoms with Crippen molar-refractivity contribution in [3.63, 3.8) is 0 Å². The molecule has 0 amide bonds. The lowest BCUT2D eigenvalue weighted by molar-refractivity contribution is 0.932. The number of nitrogens with zero attached hydrogens (tertiary/aromatic N) is 3. The molecule has 2 N–H and O–H groups in total. The standard InChI is InChI=1S/C22H16N4O/c1-14-9-11-16(12-10-14)20-18(13-23)21(24)26(22(27)25-20)19-8-4-6-15-5-2-3-7-17(15)19/h2-12H,24H2,1H3. The van der Waals surface area contributed by atoms with Gasteiger partial charge in [-0.1, -0.05) is 66.2 Å². The molecule has 0 saturated carbocycles. The van der Waals surface area contributed by atoms with E-state index in [1.807, 2.05) is 67.6 Å². The van der Waals surface area contributed by atoms with Gasteiger partial charge < -0.3 is 5.73 Å². The Kier molecular flexibility index (Phi) is 3.94. The number of hydrogen-bond acceptors (Lipinski definition) is 4. The summed E-state index contributed by atoms with van der Waals surface area (Å²) in [5, 5.41) is 11.5. The molecule has 0 spiro atoms. The summed E-state index contributed by atoms with van der Waals surface area (Å²) >= 11 is 0. The predicted octanol–water partition coefficient (Wildman–Crippen LogP) is 3.82. The Morgan fingerprint density at radius 3 is 2.44 bits per heavy atom. The number of aryl methyl sites for hydroxylation is 1. The smallest absolute Gasteiger partial charge is 0.354 e. The Balaban J connectivity index is 2.03. The van der Waals surface area contributed by atoms with Crippen LogP contribution in [0.2, 0.25) is 0 Å². The van der Waals surface area contributed by atoms with Crippen molar-refractivity contribution < 1.29 is 0 Å². The first kappa shape index (κ1) is 16.6. The molecule has 0 unspecified atom stereocenters. The summed E-state index contributed by atoms with van der Waals surface area (Å²) in [5.41, 5.74) is 8.63. The average Bonchev–Trinajstić information content (AvgIpc) is 2.68. The molecule has 0 aliphatic heterocycles. The van der Waals surface area contributed by atoms with E-state index < -0.39 is 5.69 Å². The number of benzene rings is 3. The van der Waals surface area contributed by atoms with Gasteiger partial charge in [-0.25, -0.2) is 9.36 Å². The van der Waals surface area contributed by atoms with Crippen molar-refractivity contribution in [2.75, 3.05) is 5.73 Å². The van der Waals surface area contributed by atoms with Gasteiger partial charge in [0.05, 0.1) is 11.4 Å². The van der Waals surface area contributed by atoms with Crippen LogP contribution in [-0.2, 0) is 0 Å². The van der Waals surface area contributed by atoms with Gasteiger partial charge in [0.1, 0.15) is 17.5 Å². The van der Waals surface area contributed by atoms with Crippen LogP contribution in [0.5, 0.6) is 0 Å². The molecule has 0 aliphatic rings. The molecule has 1 heterocycles. The van der Waals surface area contributed by atoms with Crippen LogP contribution in [0.3, 0.4) is 0 Å². The first-order chi connectivity index (χ1) is 13.1. The van der Waals surface area contributed by atoms with Gasteiger partial charge in [-0.3, -0.25) is 0 Å². The number of hydrogen-bond donors (Lipinski definition) is 1. The predicted molar refractivity (Wildman–Crippen MR) is 107 cm³/mol. The fraction of sp³-hybridized carbons (Fsp3) is 0.0455. The molecule has 3 aromatic carbocycles. The minimum absolute atomic E-state index is 0.0874.